The Bertz CT molecular complexity index is 4210. The second kappa shape index (κ2) is 28.6. The summed E-state index contributed by atoms with van der Waals surface area (Å²) >= 11 is 15.4. The van der Waals surface area contributed by atoms with Crippen molar-refractivity contribution in [2.45, 2.75) is 98.6 Å². The van der Waals surface area contributed by atoms with Crippen molar-refractivity contribution in [2.75, 3.05) is 19.6 Å². The van der Waals surface area contributed by atoms with E-state index in [1.165, 1.54) is 14.6 Å². The molecule has 2 amide bonds. The van der Waals surface area contributed by atoms with Gasteiger partial charge in [0.15, 0.2) is 29.1 Å². The molecule has 91 heavy (non-hydrogen) atoms. The average Bonchev–Trinajstić information content (AvgIpc) is 1.73. The molecule has 0 bridgehead atoms. The Morgan fingerprint density at radius 3 is 1.13 bits per heavy atom. The number of carbonyl (C=O) groups is 3. The van der Waals surface area contributed by atoms with Crippen molar-refractivity contribution < 1.29 is 14.4 Å². The monoisotopic (exact) mass is 1340 g/mol. The molecule has 12 aromatic rings. The molecule has 0 radical (unpaired) electrons. The highest BCUT2D eigenvalue weighted by atomic mass is 35.5. The Labute approximate surface area is 556 Å². The molecule has 3 aliphatic heterocycles. The van der Waals surface area contributed by atoms with Crippen LogP contribution in [0.4, 0.5) is 0 Å². The topological polar surface area (TPSA) is 201 Å². The molecular weight excluding hydrogens is 1280 g/mol. The fraction of sp³-hybridized carbons (Fsp3) is 0.273. The Kier molecular flexibility index (Phi) is 19.8. The lowest BCUT2D eigenvalue weighted by Gasteiger charge is -2.33. The van der Waals surface area contributed by atoms with Gasteiger partial charge in [0.1, 0.15) is 22.9 Å². The number of halogens is 1. The first-order valence-corrected chi connectivity index (χ1v) is 35.6. The van der Waals surface area contributed by atoms with Crippen LogP contribution in [0, 0.1) is 0 Å². The quantitative estimate of drug-likeness (QED) is 0.113. The summed E-state index contributed by atoms with van der Waals surface area (Å²) in [7, 11) is 0. The predicted octanol–water partition coefficient (Wildman–Crippen LogP) is 15.2. The molecule has 3 aromatic carbocycles. The Morgan fingerprint density at radius 2 is 0.802 bits per heavy atom. The molecule has 0 fully saturated rings. The van der Waals surface area contributed by atoms with E-state index in [0.29, 0.717) is 42.9 Å². The highest BCUT2D eigenvalue weighted by molar-refractivity contribution is 7.14. The summed E-state index contributed by atoms with van der Waals surface area (Å²) < 4.78 is 6.38. The summed E-state index contributed by atoms with van der Waals surface area (Å²) in [5.74, 6) is 5.18. The van der Waals surface area contributed by atoms with Crippen molar-refractivity contribution in [3.05, 3.63) is 191 Å². The molecule has 3 atom stereocenters. The normalized spacial score (nSPS) is 15.7. The Balaban J connectivity index is 0.000000123. The number of carbonyl (C=O) groups excluding carboxylic acids is 3. The molecule has 0 spiro atoms. The SMILES string of the molecule is CCc1nc(-c2nnc3n2CCN(C(=O)c2ccc(-c4cccs4)cc2)C3C)cs1.CCc1nc(-c2nnc3n2CCN(C(=O)c2ccc(-c4cccs4)cc2)[C@@H]3C)cs1.CCc1nc(-c2nnc3n2CCNC3C)cs1.O=C(Cl)c1ccc(-c2cccs2)cc1. The number of aromatic nitrogens is 12. The van der Waals surface area contributed by atoms with E-state index in [9.17, 15) is 14.4 Å². The van der Waals surface area contributed by atoms with E-state index in [2.05, 4.69) is 121 Å². The maximum atomic E-state index is 13.2. The molecule has 2 unspecified atom stereocenters. The van der Waals surface area contributed by atoms with E-state index in [1.54, 1.807) is 80.2 Å². The van der Waals surface area contributed by atoms with Crippen molar-refractivity contribution in [1.82, 2.24) is 74.4 Å². The number of aryl methyl sites for hydroxylation is 3. The van der Waals surface area contributed by atoms with Crippen LogP contribution >= 0.6 is 79.6 Å². The number of fused-ring (bicyclic) bond motifs is 3. The molecular formula is C66H64ClN15O3S6. The van der Waals surface area contributed by atoms with E-state index in [1.807, 2.05) is 125 Å². The number of nitrogens with one attached hydrogen (secondary N) is 1. The third kappa shape index (κ3) is 13.8. The largest absolute Gasteiger partial charge is 0.327 e. The standard InChI is InChI=1S/2C22H21N5OS2.C11H7ClOS.C11H15N5S/c2*1-3-19-23-17(13-30-19)21-25-24-20-14(2)26(10-11-27(20)21)22(28)16-8-6-15(7-9-16)18-5-4-12-29-18;12-11(13)9-5-3-8(4-6-9)10-2-1-7-14-10;1-3-9-13-8(6-17-9)11-15-14-10-7(2)12-4-5-16(10)11/h2*4-9,12-14H,3,10-11H2,1-2H3;1-7H;6-7,12H,3-5H2,1-2H3/t14-;;;/m1.../s1. The minimum Gasteiger partial charge on any atom is -0.327 e. The molecule has 18 nitrogen and oxygen atoms in total. The number of amides is 2. The first-order valence-electron chi connectivity index (χ1n) is 30.0. The van der Waals surface area contributed by atoms with Gasteiger partial charge in [0.2, 0.25) is 0 Å². The number of rotatable bonds is 12. The van der Waals surface area contributed by atoms with E-state index < -0.39 is 5.24 Å². The third-order valence-corrected chi connectivity index (χ3v) is 21.8. The molecule has 9 aromatic heterocycles. The number of benzene rings is 3. The highest BCUT2D eigenvalue weighted by Crippen LogP contribution is 2.35. The van der Waals surface area contributed by atoms with Crippen molar-refractivity contribution in [3.8, 4) is 65.9 Å². The van der Waals surface area contributed by atoms with Crippen LogP contribution in [0.15, 0.2) is 141 Å². The average molecular weight is 1340 g/mol. The molecule has 0 aliphatic carbocycles. The van der Waals surface area contributed by atoms with Gasteiger partial charge in [-0.25, -0.2) is 15.0 Å². The van der Waals surface area contributed by atoms with Gasteiger partial charge in [0.05, 0.1) is 33.1 Å². The minimum absolute atomic E-state index is 0.0259. The number of thiazole rings is 3. The second-order valence-electron chi connectivity index (χ2n) is 21.5. The van der Waals surface area contributed by atoms with Gasteiger partial charge in [-0.15, -0.1) is 98.6 Å². The van der Waals surface area contributed by atoms with Gasteiger partial charge < -0.3 is 28.8 Å². The zero-order valence-electron chi connectivity index (χ0n) is 50.8. The summed E-state index contributed by atoms with van der Waals surface area (Å²) in [6.07, 6.45) is 2.80. The summed E-state index contributed by atoms with van der Waals surface area (Å²) in [6, 6.07) is 35.3. The first kappa shape index (κ1) is 63.1. The van der Waals surface area contributed by atoms with Crippen LogP contribution in [-0.2, 0) is 38.9 Å². The van der Waals surface area contributed by atoms with Gasteiger partial charge in [0.25, 0.3) is 17.1 Å². The fourth-order valence-corrected chi connectivity index (χ4v) is 15.4. The van der Waals surface area contributed by atoms with Crippen molar-refractivity contribution in [2.24, 2.45) is 0 Å². The van der Waals surface area contributed by atoms with E-state index >= 15 is 0 Å². The van der Waals surface area contributed by atoms with E-state index in [-0.39, 0.29) is 29.9 Å². The molecule has 3 aliphatic rings. The molecule has 1 N–H and O–H groups in total. The lowest BCUT2D eigenvalue weighted by atomic mass is 10.1. The summed E-state index contributed by atoms with van der Waals surface area (Å²) in [5, 5.41) is 44.7. The van der Waals surface area contributed by atoms with Crippen LogP contribution in [0.25, 0.3) is 65.9 Å². The summed E-state index contributed by atoms with van der Waals surface area (Å²) in [6.45, 7) is 16.9. The van der Waals surface area contributed by atoms with Crippen LogP contribution in [0.1, 0.15) is 123 Å². The van der Waals surface area contributed by atoms with Crippen LogP contribution in [-0.4, -0.2) is 106 Å². The molecule has 0 saturated heterocycles. The van der Waals surface area contributed by atoms with Gasteiger partial charge in [-0.3, -0.25) is 14.4 Å². The van der Waals surface area contributed by atoms with Gasteiger partial charge in [-0.1, -0.05) is 75.4 Å². The van der Waals surface area contributed by atoms with Gasteiger partial charge in [0, 0.05) is 86.7 Å². The smallest absolute Gasteiger partial charge is 0.254 e. The van der Waals surface area contributed by atoms with E-state index in [0.717, 1.165) is 116 Å². The van der Waals surface area contributed by atoms with Crippen LogP contribution in [0.2, 0.25) is 0 Å². The summed E-state index contributed by atoms with van der Waals surface area (Å²) in [5.41, 5.74) is 8.00. The maximum Gasteiger partial charge on any atom is 0.254 e. The molecule has 12 heterocycles. The van der Waals surface area contributed by atoms with Crippen molar-refractivity contribution in [1.29, 1.82) is 0 Å². The molecule has 464 valence electrons. The zero-order chi connectivity index (χ0) is 63.1. The number of hydrogen-bond donors (Lipinski definition) is 1. The van der Waals surface area contributed by atoms with Gasteiger partial charge >= 0.3 is 0 Å². The molecule has 0 saturated carbocycles. The lowest BCUT2D eigenvalue weighted by Crippen LogP contribution is -2.41. The van der Waals surface area contributed by atoms with Gasteiger partial charge in [-0.05, 0) is 139 Å². The van der Waals surface area contributed by atoms with Gasteiger partial charge in [-0.2, -0.15) is 0 Å². The van der Waals surface area contributed by atoms with Crippen LogP contribution in [0.3, 0.4) is 0 Å². The number of thiophene rings is 3. The van der Waals surface area contributed by atoms with Crippen molar-refractivity contribution >= 4 is 96.7 Å². The Morgan fingerprint density at radius 1 is 0.451 bits per heavy atom. The summed E-state index contributed by atoms with van der Waals surface area (Å²) in [4.78, 5) is 58.4. The maximum absolute atomic E-state index is 13.2. The highest BCUT2D eigenvalue weighted by Gasteiger charge is 2.34. The molecule has 25 heteroatoms. The second-order valence-corrected chi connectivity index (χ2v) is 27.5. The van der Waals surface area contributed by atoms with Crippen molar-refractivity contribution in [3.63, 3.8) is 0 Å². The minimum atomic E-state index is -0.414. The number of hydrogen-bond acceptors (Lipinski definition) is 19. The zero-order valence-corrected chi connectivity index (χ0v) is 56.4. The lowest BCUT2D eigenvalue weighted by molar-refractivity contribution is 0.0631. The molecule has 15 rings (SSSR count). The third-order valence-electron chi connectivity index (χ3n) is 15.9. The Hall–Kier alpha value is -8.07. The number of nitrogens with zero attached hydrogens (tertiary/aromatic N) is 14. The predicted molar refractivity (Wildman–Crippen MR) is 366 cm³/mol. The van der Waals surface area contributed by atoms with Crippen LogP contribution < -0.4 is 5.32 Å². The fourth-order valence-electron chi connectivity index (χ4n) is 10.9. The van der Waals surface area contributed by atoms with Crippen LogP contribution in [0.5, 0.6) is 0 Å². The van der Waals surface area contributed by atoms with E-state index in [4.69, 9.17) is 11.6 Å². The first-order chi connectivity index (χ1) is 44.4.